The summed E-state index contributed by atoms with van der Waals surface area (Å²) in [5, 5.41) is 5.47. The number of ether oxygens (including phenoxy) is 1. The molecule has 1 atom stereocenters. The van der Waals surface area contributed by atoms with Gasteiger partial charge in [-0.1, -0.05) is 49.4 Å². The van der Waals surface area contributed by atoms with E-state index in [-0.39, 0.29) is 5.97 Å². The van der Waals surface area contributed by atoms with Crippen molar-refractivity contribution in [3.8, 4) is 11.1 Å². The first-order valence-corrected chi connectivity index (χ1v) is 11.7. The second kappa shape index (κ2) is 9.03. The van der Waals surface area contributed by atoms with Crippen LogP contribution < -0.4 is 5.32 Å². The maximum atomic E-state index is 12.7. The largest absolute Gasteiger partial charge is 0.467 e. The molecular formula is C26H24N4O2S. The molecule has 5 rings (SSSR count). The minimum absolute atomic E-state index is 0.328. The summed E-state index contributed by atoms with van der Waals surface area (Å²) in [6.45, 7) is 2.15. The average molecular weight is 457 g/mol. The summed E-state index contributed by atoms with van der Waals surface area (Å²) in [6, 6.07) is 17.7. The number of esters is 1. The van der Waals surface area contributed by atoms with Crippen LogP contribution in [0.15, 0.2) is 67.1 Å². The molecule has 166 valence electrons. The number of aryl methyl sites for hydroxylation is 1. The van der Waals surface area contributed by atoms with E-state index in [9.17, 15) is 4.79 Å². The van der Waals surface area contributed by atoms with Crippen molar-refractivity contribution in [2.75, 3.05) is 12.4 Å². The van der Waals surface area contributed by atoms with Gasteiger partial charge in [0.05, 0.1) is 12.5 Å². The molecule has 0 radical (unpaired) electrons. The number of nitrogens with zero attached hydrogens (tertiary/aromatic N) is 2. The lowest BCUT2D eigenvalue weighted by molar-refractivity contribution is -0.141. The number of H-pyrrole nitrogens is 1. The standard InChI is InChI=1S/C26H24N4O2S/c1-3-21-22(18-10-7-11-19-17(18)12-13-27-19)23-24(28-15-29-25(23)33-21)30-20(26(31)32-2)14-16-8-5-4-6-9-16/h4-13,15,20,27H,3,14H2,1-2H3,(H,28,29,30)/t20-/m1/s1. The van der Waals surface area contributed by atoms with Crippen LogP contribution in [0.4, 0.5) is 5.82 Å². The van der Waals surface area contributed by atoms with Gasteiger partial charge in [-0.05, 0) is 29.7 Å². The Morgan fingerprint density at radius 1 is 1.12 bits per heavy atom. The number of nitrogens with one attached hydrogen (secondary N) is 2. The summed E-state index contributed by atoms with van der Waals surface area (Å²) < 4.78 is 5.11. The van der Waals surface area contributed by atoms with Crippen molar-refractivity contribution in [2.45, 2.75) is 25.8 Å². The maximum Gasteiger partial charge on any atom is 0.328 e. The molecule has 2 aromatic carbocycles. The molecule has 0 fully saturated rings. The molecule has 0 saturated carbocycles. The normalized spacial score (nSPS) is 12.2. The molecule has 7 heteroatoms. The molecule has 0 saturated heterocycles. The highest BCUT2D eigenvalue weighted by Gasteiger charge is 2.25. The first-order chi connectivity index (χ1) is 16.2. The summed E-state index contributed by atoms with van der Waals surface area (Å²) in [4.78, 5) is 27.3. The zero-order valence-electron chi connectivity index (χ0n) is 18.5. The van der Waals surface area contributed by atoms with Gasteiger partial charge < -0.3 is 15.0 Å². The molecule has 0 unspecified atom stereocenters. The van der Waals surface area contributed by atoms with Gasteiger partial charge in [-0.25, -0.2) is 14.8 Å². The number of aromatic nitrogens is 3. The first kappa shape index (κ1) is 21.2. The fourth-order valence-corrected chi connectivity index (χ4v) is 5.37. The molecule has 0 aliphatic rings. The molecule has 3 aromatic heterocycles. The van der Waals surface area contributed by atoms with Gasteiger partial charge in [-0.3, -0.25) is 0 Å². The monoisotopic (exact) mass is 456 g/mol. The van der Waals surface area contributed by atoms with Gasteiger partial charge in [0.15, 0.2) is 0 Å². The third kappa shape index (κ3) is 3.96. The van der Waals surface area contributed by atoms with Crippen LogP contribution in [0.5, 0.6) is 0 Å². The number of aromatic amines is 1. The molecule has 5 aromatic rings. The van der Waals surface area contributed by atoms with Gasteiger partial charge >= 0.3 is 5.97 Å². The fraction of sp³-hybridized carbons (Fsp3) is 0.192. The van der Waals surface area contributed by atoms with E-state index in [0.29, 0.717) is 12.2 Å². The highest BCUT2D eigenvalue weighted by Crippen LogP contribution is 2.43. The highest BCUT2D eigenvalue weighted by molar-refractivity contribution is 7.19. The molecule has 0 aliphatic heterocycles. The molecular weight excluding hydrogens is 432 g/mol. The van der Waals surface area contributed by atoms with E-state index in [1.807, 2.05) is 36.5 Å². The Morgan fingerprint density at radius 3 is 2.76 bits per heavy atom. The lowest BCUT2D eigenvalue weighted by atomic mass is 9.98. The maximum absolute atomic E-state index is 12.7. The lowest BCUT2D eigenvalue weighted by Crippen LogP contribution is -2.33. The van der Waals surface area contributed by atoms with Crippen LogP contribution in [0.3, 0.4) is 0 Å². The topological polar surface area (TPSA) is 79.9 Å². The van der Waals surface area contributed by atoms with Gasteiger partial charge in [-0.15, -0.1) is 11.3 Å². The van der Waals surface area contributed by atoms with Crippen molar-refractivity contribution in [1.82, 2.24) is 15.0 Å². The Hall–Kier alpha value is -3.71. The van der Waals surface area contributed by atoms with E-state index in [4.69, 9.17) is 4.74 Å². The number of anilines is 1. The van der Waals surface area contributed by atoms with Gasteiger partial charge in [0.2, 0.25) is 0 Å². The molecule has 2 N–H and O–H groups in total. The Bertz CT molecular complexity index is 1420. The summed E-state index contributed by atoms with van der Waals surface area (Å²) in [5.74, 6) is 0.315. The second-order valence-corrected chi connectivity index (χ2v) is 8.89. The summed E-state index contributed by atoms with van der Waals surface area (Å²) in [5.41, 5.74) is 4.38. The predicted octanol–water partition coefficient (Wildman–Crippen LogP) is 5.60. The number of thiophene rings is 1. The number of hydrogen-bond acceptors (Lipinski definition) is 6. The lowest BCUT2D eigenvalue weighted by Gasteiger charge is -2.18. The van der Waals surface area contributed by atoms with E-state index in [2.05, 4.69) is 51.5 Å². The number of benzene rings is 2. The van der Waals surface area contributed by atoms with Crippen LogP contribution >= 0.6 is 11.3 Å². The molecule has 3 heterocycles. The number of hydrogen-bond donors (Lipinski definition) is 2. The van der Waals surface area contributed by atoms with Crippen molar-refractivity contribution in [3.05, 3.63) is 77.6 Å². The van der Waals surface area contributed by atoms with Gasteiger partial charge in [-0.2, -0.15) is 0 Å². The first-order valence-electron chi connectivity index (χ1n) is 10.9. The number of methoxy groups -OCH3 is 1. The number of rotatable bonds is 7. The molecule has 0 amide bonds. The van der Waals surface area contributed by atoms with Crippen LogP contribution in [-0.2, 0) is 22.4 Å². The molecule has 0 aliphatic carbocycles. The Labute approximate surface area is 195 Å². The third-order valence-corrected chi connectivity index (χ3v) is 7.07. The molecule has 33 heavy (non-hydrogen) atoms. The molecule has 0 bridgehead atoms. The van der Waals surface area contributed by atoms with Crippen LogP contribution in [0.25, 0.3) is 32.2 Å². The van der Waals surface area contributed by atoms with E-state index in [0.717, 1.165) is 44.2 Å². The van der Waals surface area contributed by atoms with E-state index >= 15 is 0 Å². The van der Waals surface area contributed by atoms with E-state index < -0.39 is 6.04 Å². The van der Waals surface area contributed by atoms with E-state index in [1.54, 1.807) is 17.7 Å². The Kier molecular flexibility index (Phi) is 5.79. The van der Waals surface area contributed by atoms with Crippen molar-refractivity contribution < 1.29 is 9.53 Å². The van der Waals surface area contributed by atoms with Crippen LogP contribution in [-0.4, -0.2) is 34.1 Å². The minimum Gasteiger partial charge on any atom is -0.467 e. The van der Waals surface area contributed by atoms with Gasteiger partial charge in [0.25, 0.3) is 0 Å². The number of carbonyl (C=O) groups excluding carboxylic acids is 1. The van der Waals surface area contributed by atoms with E-state index in [1.165, 1.54) is 12.0 Å². The van der Waals surface area contributed by atoms with Gasteiger partial charge in [0.1, 0.15) is 23.0 Å². The third-order valence-electron chi connectivity index (χ3n) is 5.83. The van der Waals surface area contributed by atoms with Crippen molar-refractivity contribution in [2.24, 2.45) is 0 Å². The molecule has 6 nitrogen and oxygen atoms in total. The van der Waals surface area contributed by atoms with Crippen LogP contribution in [0, 0.1) is 0 Å². The second-order valence-electron chi connectivity index (χ2n) is 7.81. The number of fused-ring (bicyclic) bond motifs is 2. The smallest absolute Gasteiger partial charge is 0.328 e. The van der Waals surface area contributed by atoms with Crippen LogP contribution in [0.1, 0.15) is 17.4 Å². The Morgan fingerprint density at radius 2 is 1.97 bits per heavy atom. The highest BCUT2D eigenvalue weighted by atomic mass is 32.1. The zero-order valence-corrected chi connectivity index (χ0v) is 19.3. The fourth-order valence-electron chi connectivity index (χ4n) is 4.28. The Balaban J connectivity index is 1.65. The van der Waals surface area contributed by atoms with Crippen molar-refractivity contribution in [3.63, 3.8) is 0 Å². The quantitative estimate of drug-likeness (QED) is 0.312. The summed E-state index contributed by atoms with van der Waals surface area (Å²) >= 11 is 1.67. The van der Waals surface area contributed by atoms with Crippen molar-refractivity contribution >= 4 is 44.2 Å². The van der Waals surface area contributed by atoms with Crippen molar-refractivity contribution in [1.29, 1.82) is 0 Å². The average Bonchev–Trinajstić information content (AvgIpc) is 3.48. The minimum atomic E-state index is -0.573. The van der Waals surface area contributed by atoms with Gasteiger partial charge in [0, 0.05) is 34.0 Å². The zero-order chi connectivity index (χ0) is 22.8. The van der Waals surface area contributed by atoms with Crippen LogP contribution in [0.2, 0.25) is 0 Å². The SMILES string of the molecule is CCc1sc2ncnc(N[C@H](Cc3ccccc3)C(=O)OC)c2c1-c1cccc2[nH]ccc12. The predicted molar refractivity (Wildman–Crippen MR) is 134 cm³/mol. The summed E-state index contributed by atoms with van der Waals surface area (Å²) in [6.07, 6.45) is 4.88. The number of carbonyl (C=O) groups is 1. The summed E-state index contributed by atoms with van der Waals surface area (Å²) in [7, 11) is 1.41. The molecule has 0 spiro atoms.